The molecule has 1 aromatic rings. The Labute approximate surface area is 95.0 Å². The van der Waals surface area contributed by atoms with Crippen molar-refractivity contribution >= 4 is 5.91 Å². The monoisotopic (exact) mass is 223 g/mol. The van der Waals surface area contributed by atoms with Gasteiger partial charge in [-0.2, -0.15) is 0 Å². The van der Waals surface area contributed by atoms with Crippen molar-refractivity contribution in [2.24, 2.45) is 0 Å². The molecule has 0 radical (unpaired) electrons. The van der Waals surface area contributed by atoms with Gasteiger partial charge in [-0.25, -0.2) is 4.98 Å². The fraction of sp³-hybridized carbons (Fsp3) is 0.636. The SMILES string of the molecule is COC(C(=O)n1ccnc1)N1CCCCC1. The van der Waals surface area contributed by atoms with Crippen LogP contribution in [0.5, 0.6) is 0 Å². The topological polar surface area (TPSA) is 47.4 Å². The van der Waals surface area contributed by atoms with Gasteiger partial charge in [-0.1, -0.05) is 6.42 Å². The minimum atomic E-state index is -0.477. The largest absolute Gasteiger partial charge is 0.357 e. The van der Waals surface area contributed by atoms with E-state index in [0.29, 0.717) is 0 Å². The number of ether oxygens (including phenoxy) is 1. The predicted molar refractivity (Wildman–Crippen MR) is 59.1 cm³/mol. The molecule has 0 aromatic carbocycles. The molecule has 88 valence electrons. The Morgan fingerprint density at radius 1 is 1.38 bits per heavy atom. The molecule has 5 heteroatoms. The van der Waals surface area contributed by atoms with Crippen molar-refractivity contribution in [1.29, 1.82) is 0 Å². The maximum atomic E-state index is 12.1. The molecule has 1 unspecified atom stereocenters. The highest BCUT2D eigenvalue weighted by atomic mass is 16.5. The third-order valence-electron chi connectivity index (χ3n) is 2.92. The van der Waals surface area contributed by atoms with Gasteiger partial charge in [0.05, 0.1) is 0 Å². The highest BCUT2D eigenvalue weighted by molar-refractivity contribution is 5.82. The number of carbonyl (C=O) groups excluding carboxylic acids is 1. The Bertz CT molecular complexity index is 331. The van der Waals surface area contributed by atoms with Gasteiger partial charge in [0, 0.05) is 32.6 Å². The summed E-state index contributed by atoms with van der Waals surface area (Å²) in [4.78, 5) is 18.1. The first kappa shape index (κ1) is 11.3. The number of methoxy groups -OCH3 is 1. The second kappa shape index (κ2) is 5.23. The quantitative estimate of drug-likeness (QED) is 0.766. The summed E-state index contributed by atoms with van der Waals surface area (Å²) in [5, 5.41) is 0. The van der Waals surface area contributed by atoms with Crippen LogP contribution in [-0.2, 0) is 4.74 Å². The van der Waals surface area contributed by atoms with E-state index >= 15 is 0 Å². The predicted octanol–water partition coefficient (Wildman–Crippen LogP) is 0.982. The van der Waals surface area contributed by atoms with E-state index in [0.717, 1.165) is 25.9 Å². The van der Waals surface area contributed by atoms with Crippen LogP contribution in [0.1, 0.15) is 24.1 Å². The lowest BCUT2D eigenvalue weighted by molar-refractivity contribution is -0.0293. The molecule has 1 fully saturated rings. The number of likely N-dealkylation sites (tertiary alicyclic amines) is 1. The Hall–Kier alpha value is -1.20. The molecule has 16 heavy (non-hydrogen) atoms. The normalized spacial score (nSPS) is 19.6. The van der Waals surface area contributed by atoms with E-state index in [-0.39, 0.29) is 5.91 Å². The van der Waals surface area contributed by atoms with E-state index in [1.54, 1.807) is 19.5 Å². The van der Waals surface area contributed by atoms with Gasteiger partial charge in [-0.05, 0) is 12.8 Å². The molecular weight excluding hydrogens is 206 g/mol. The zero-order valence-electron chi connectivity index (χ0n) is 9.50. The summed E-state index contributed by atoms with van der Waals surface area (Å²) in [6.07, 6.45) is 7.80. The fourth-order valence-corrected chi connectivity index (χ4v) is 2.08. The summed E-state index contributed by atoms with van der Waals surface area (Å²) in [6, 6.07) is 0. The molecule has 2 rings (SSSR count). The van der Waals surface area contributed by atoms with Gasteiger partial charge in [0.1, 0.15) is 6.33 Å². The minimum Gasteiger partial charge on any atom is -0.357 e. The number of imidazole rings is 1. The summed E-state index contributed by atoms with van der Waals surface area (Å²) >= 11 is 0. The fourth-order valence-electron chi connectivity index (χ4n) is 2.08. The highest BCUT2D eigenvalue weighted by Gasteiger charge is 2.27. The zero-order chi connectivity index (χ0) is 11.4. The number of hydrogen-bond donors (Lipinski definition) is 0. The number of nitrogens with zero attached hydrogens (tertiary/aromatic N) is 3. The summed E-state index contributed by atoms with van der Waals surface area (Å²) in [5.41, 5.74) is 0. The number of hydrogen-bond acceptors (Lipinski definition) is 4. The van der Waals surface area contributed by atoms with Crippen molar-refractivity contribution in [1.82, 2.24) is 14.5 Å². The van der Waals surface area contributed by atoms with E-state index in [9.17, 15) is 4.79 Å². The molecule has 0 bridgehead atoms. The van der Waals surface area contributed by atoms with Crippen LogP contribution in [-0.4, -0.2) is 46.8 Å². The van der Waals surface area contributed by atoms with Crippen LogP contribution in [0.25, 0.3) is 0 Å². The molecular formula is C11H17N3O2. The van der Waals surface area contributed by atoms with Crippen LogP contribution in [0.2, 0.25) is 0 Å². The summed E-state index contributed by atoms with van der Waals surface area (Å²) in [7, 11) is 1.58. The molecule has 1 aromatic heterocycles. The van der Waals surface area contributed by atoms with Gasteiger partial charge >= 0.3 is 0 Å². The van der Waals surface area contributed by atoms with Gasteiger partial charge in [0.15, 0.2) is 6.23 Å². The maximum Gasteiger partial charge on any atom is 0.276 e. The van der Waals surface area contributed by atoms with Crippen molar-refractivity contribution in [3.63, 3.8) is 0 Å². The average molecular weight is 223 g/mol. The van der Waals surface area contributed by atoms with Crippen LogP contribution >= 0.6 is 0 Å². The molecule has 1 aliphatic rings. The number of carbonyl (C=O) groups is 1. The smallest absolute Gasteiger partial charge is 0.276 e. The van der Waals surface area contributed by atoms with Gasteiger partial charge in [0.25, 0.3) is 5.91 Å². The number of piperidine rings is 1. The van der Waals surface area contributed by atoms with Crippen LogP contribution in [0.4, 0.5) is 0 Å². The molecule has 2 heterocycles. The Kier molecular flexibility index (Phi) is 3.69. The van der Waals surface area contributed by atoms with Gasteiger partial charge in [-0.3, -0.25) is 14.3 Å². The summed E-state index contributed by atoms with van der Waals surface area (Å²) in [5.74, 6) is -0.0677. The average Bonchev–Trinajstić information content (AvgIpc) is 2.85. The second-order valence-corrected chi connectivity index (χ2v) is 3.99. The Morgan fingerprint density at radius 3 is 2.69 bits per heavy atom. The van der Waals surface area contributed by atoms with Crippen molar-refractivity contribution < 1.29 is 9.53 Å². The van der Waals surface area contributed by atoms with Crippen LogP contribution in [0.15, 0.2) is 18.7 Å². The van der Waals surface area contributed by atoms with Crippen LogP contribution in [0.3, 0.4) is 0 Å². The van der Waals surface area contributed by atoms with Gasteiger partial charge in [0.2, 0.25) is 0 Å². The molecule has 1 atom stereocenters. The first-order valence-corrected chi connectivity index (χ1v) is 5.62. The van der Waals surface area contributed by atoms with Crippen molar-refractivity contribution in [2.75, 3.05) is 20.2 Å². The summed E-state index contributed by atoms with van der Waals surface area (Å²) in [6.45, 7) is 1.86. The lowest BCUT2D eigenvalue weighted by Crippen LogP contribution is -2.46. The molecule has 1 aliphatic heterocycles. The minimum absolute atomic E-state index is 0.0677. The Balaban J connectivity index is 2.06. The zero-order valence-corrected chi connectivity index (χ0v) is 9.50. The van der Waals surface area contributed by atoms with Gasteiger partial charge < -0.3 is 4.74 Å². The third-order valence-corrected chi connectivity index (χ3v) is 2.92. The van der Waals surface area contributed by atoms with E-state index in [4.69, 9.17) is 4.74 Å². The molecule has 0 spiro atoms. The van der Waals surface area contributed by atoms with Crippen molar-refractivity contribution in [3.8, 4) is 0 Å². The van der Waals surface area contributed by atoms with Crippen LogP contribution < -0.4 is 0 Å². The summed E-state index contributed by atoms with van der Waals surface area (Å²) < 4.78 is 6.78. The molecule has 0 saturated carbocycles. The molecule has 0 aliphatic carbocycles. The lowest BCUT2D eigenvalue weighted by Gasteiger charge is -2.32. The van der Waals surface area contributed by atoms with Crippen molar-refractivity contribution in [3.05, 3.63) is 18.7 Å². The van der Waals surface area contributed by atoms with Crippen LogP contribution in [0, 0.1) is 0 Å². The molecule has 0 N–H and O–H groups in total. The standard InChI is InChI=1S/C11H17N3O2/c1-16-11(13-6-3-2-4-7-13)10(15)14-8-5-12-9-14/h5,8-9,11H,2-4,6-7H2,1H3. The molecule has 0 amide bonds. The van der Waals surface area contributed by atoms with E-state index in [1.807, 2.05) is 0 Å². The third kappa shape index (κ3) is 2.31. The number of aromatic nitrogens is 2. The van der Waals surface area contributed by atoms with E-state index in [1.165, 1.54) is 17.3 Å². The first-order valence-electron chi connectivity index (χ1n) is 5.62. The molecule has 1 saturated heterocycles. The lowest BCUT2D eigenvalue weighted by atomic mass is 10.1. The Morgan fingerprint density at radius 2 is 2.12 bits per heavy atom. The van der Waals surface area contributed by atoms with Crippen molar-refractivity contribution in [2.45, 2.75) is 25.5 Å². The van der Waals surface area contributed by atoms with E-state index in [2.05, 4.69) is 9.88 Å². The maximum absolute atomic E-state index is 12.1. The number of rotatable bonds is 3. The molecule has 5 nitrogen and oxygen atoms in total. The first-order chi connectivity index (χ1) is 7.83. The highest BCUT2D eigenvalue weighted by Crippen LogP contribution is 2.13. The second-order valence-electron chi connectivity index (χ2n) is 3.99. The van der Waals surface area contributed by atoms with Gasteiger partial charge in [-0.15, -0.1) is 0 Å². The van der Waals surface area contributed by atoms with E-state index < -0.39 is 6.23 Å².